The summed E-state index contributed by atoms with van der Waals surface area (Å²) in [7, 11) is 0. The van der Waals surface area contributed by atoms with Gasteiger partial charge in [0.25, 0.3) is 0 Å². The highest BCUT2D eigenvalue weighted by Crippen LogP contribution is 2.30. The van der Waals surface area contributed by atoms with E-state index in [4.69, 9.17) is 0 Å². The van der Waals surface area contributed by atoms with Gasteiger partial charge < -0.3 is 4.74 Å². The Morgan fingerprint density at radius 3 is 2.30 bits per heavy atom. The van der Waals surface area contributed by atoms with Gasteiger partial charge in [0.15, 0.2) is 5.78 Å². The van der Waals surface area contributed by atoms with Gasteiger partial charge in [-0.1, -0.05) is 48.5 Å². The predicted octanol–water partition coefficient (Wildman–Crippen LogP) is 2.35. The number of carbonyl (C=O) groups is 3. The summed E-state index contributed by atoms with van der Waals surface area (Å²) in [6, 6.07) is 15.0. The molecule has 0 aliphatic carbocycles. The molecule has 4 nitrogen and oxygen atoms in total. The fourth-order valence-electron chi connectivity index (χ4n) is 2.28. The van der Waals surface area contributed by atoms with Gasteiger partial charge in [0.1, 0.15) is 5.92 Å². The monoisotopic (exact) mass is 266 g/mol. The minimum atomic E-state index is -1.08. The Morgan fingerprint density at radius 2 is 1.55 bits per heavy atom. The molecule has 0 saturated carbocycles. The third-order valence-electron chi connectivity index (χ3n) is 3.24. The Kier molecular flexibility index (Phi) is 2.91. The molecule has 98 valence electrons. The molecule has 4 heteroatoms. The van der Waals surface area contributed by atoms with E-state index in [0.717, 1.165) is 0 Å². The van der Waals surface area contributed by atoms with Crippen LogP contribution < -0.4 is 0 Å². The van der Waals surface area contributed by atoms with Gasteiger partial charge in [-0.15, -0.1) is 0 Å². The Hall–Kier alpha value is -2.75. The van der Waals surface area contributed by atoms with Crippen molar-refractivity contribution >= 4 is 17.7 Å². The van der Waals surface area contributed by atoms with Gasteiger partial charge in [-0.05, 0) is 11.6 Å². The average Bonchev–Trinajstić information content (AvgIpc) is 2.48. The lowest BCUT2D eigenvalue weighted by molar-refractivity contribution is -0.139. The summed E-state index contributed by atoms with van der Waals surface area (Å²) in [4.78, 5) is 36.0. The van der Waals surface area contributed by atoms with Crippen LogP contribution in [0.25, 0.3) is 0 Å². The summed E-state index contributed by atoms with van der Waals surface area (Å²) in [6.45, 7) is 0. The normalized spacial score (nSPS) is 17.3. The van der Waals surface area contributed by atoms with Crippen molar-refractivity contribution in [2.24, 2.45) is 0 Å². The molecule has 0 radical (unpaired) electrons. The number of cyclic esters (lactones) is 2. The first-order chi connectivity index (χ1) is 9.68. The molecular weight excluding hydrogens is 256 g/mol. The van der Waals surface area contributed by atoms with Crippen LogP contribution in [0.15, 0.2) is 54.6 Å². The molecule has 1 aliphatic rings. The van der Waals surface area contributed by atoms with E-state index in [0.29, 0.717) is 11.1 Å². The average molecular weight is 266 g/mol. The first kappa shape index (κ1) is 12.3. The van der Waals surface area contributed by atoms with Crippen molar-refractivity contribution in [1.82, 2.24) is 0 Å². The van der Waals surface area contributed by atoms with Crippen LogP contribution >= 0.6 is 0 Å². The molecule has 0 saturated heterocycles. The number of ketones is 1. The van der Waals surface area contributed by atoms with E-state index in [1.165, 1.54) is 0 Å². The Labute approximate surface area is 115 Å². The molecule has 1 heterocycles. The molecular formula is C16H10O4. The van der Waals surface area contributed by atoms with Crippen LogP contribution in [-0.4, -0.2) is 17.7 Å². The molecule has 0 spiro atoms. The van der Waals surface area contributed by atoms with Gasteiger partial charge in [-0.3, -0.25) is 9.59 Å². The Bertz CT molecular complexity index is 703. The van der Waals surface area contributed by atoms with Gasteiger partial charge in [0.2, 0.25) is 0 Å². The lowest BCUT2D eigenvalue weighted by Gasteiger charge is -2.21. The zero-order valence-corrected chi connectivity index (χ0v) is 10.4. The van der Waals surface area contributed by atoms with Crippen molar-refractivity contribution in [2.45, 2.75) is 5.92 Å². The molecule has 2 aromatic rings. The highest BCUT2D eigenvalue weighted by molar-refractivity contribution is 6.18. The SMILES string of the molecule is O=C1OC(=O)C(C(=O)c2ccccc2)c2ccccc21. The number of fused-ring (bicyclic) bond motifs is 1. The first-order valence-corrected chi connectivity index (χ1v) is 6.12. The quantitative estimate of drug-likeness (QED) is 0.475. The van der Waals surface area contributed by atoms with E-state index in [1.807, 2.05) is 0 Å². The van der Waals surface area contributed by atoms with E-state index in [1.54, 1.807) is 54.6 Å². The minimum Gasteiger partial charge on any atom is -0.389 e. The van der Waals surface area contributed by atoms with E-state index in [2.05, 4.69) is 4.74 Å². The molecule has 0 amide bonds. The molecule has 3 rings (SSSR count). The van der Waals surface area contributed by atoms with E-state index in [9.17, 15) is 14.4 Å². The molecule has 2 aromatic carbocycles. The Morgan fingerprint density at radius 1 is 0.900 bits per heavy atom. The standard InChI is InChI=1S/C16H10O4/c17-14(10-6-2-1-3-7-10)13-11-8-4-5-9-12(11)15(18)20-16(13)19/h1-9,13H. The van der Waals surface area contributed by atoms with Crippen LogP contribution in [0, 0.1) is 0 Å². The summed E-state index contributed by atoms with van der Waals surface area (Å²) in [5.41, 5.74) is 1.09. The highest BCUT2D eigenvalue weighted by Gasteiger charge is 2.39. The van der Waals surface area contributed by atoms with E-state index >= 15 is 0 Å². The third kappa shape index (κ3) is 1.91. The topological polar surface area (TPSA) is 60.4 Å². The fraction of sp³-hybridized carbons (Fsp3) is 0.0625. The summed E-state index contributed by atoms with van der Waals surface area (Å²) in [5, 5.41) is 0. The van der Waals surface area contributed by atoms with Crippen molar-refractivity contribution in [3.05, 3.63) is 71.3 Å². The zero-order valence-electron chi connectivity index (χ0n) is 10.4. The number of benzene rings is 2. The smallest absolute Gasteiger partial charge is 0.346 e. The molecule has 0 N–H and O–H groups in total. The van der Waals surface area contributed by atoms with Crippen molar-refractivity contribution in [2.75, 3.05) is 0 Å². The molecule has 0 fully saturated rings. The fourth-order valence-corrected chi connectivity index (χ4v) is 2.28. The van der Waals surface area contributed by atoms with Crippen LogP contribution in [-0.2, 0) is 9.53 Å². The van der Waals surface area contributed by atoms with Gasteiger partial charge in [0, 0.05) is 5.56 Å². The number of esters is 2. The lowest BCUT2D eigenvalue weighted by atomic mass is 9.86. The maximum absolute atomic E-state index is 12.5. The lowest BCUT2D eigenvalue weighted by Crippen LogP contribution is -2.32. The maximum Gasteiger partial charge on any atom is 0.346 e. The van der Waals surface area contributed by atoms with E-state index in [-0.39, 0.29) is 11.3 Å². The van der Waals surface area contributed by atoms with Gasteiger partial charge in [-0.2, -0.15) is 0 Å². The summed E-state index contributed by atoms with van der Waals surface area (Å²) in [5.74, 6) is -2.97. The third-order valence-corrected chi connectivity index (χ3v) is 3.24. The number of rotatable bonds is 2. The number of ether oxygens (including phenoxy) is 1. The maximum atomic E-state index is 12.5. The van der Waals surface area contributed by atoms with Crippen molar-refractivity contribution < 1.29 is 19.1 Å². The van der Waals surface area contributed by atoms with Crippen LogP contribution in [0.4, 0.5) is 0 Å². The number of Topliss-reactive ketones (excluding diaryl/α,β-unsaturated/α-hetero) is 1. The largest absolute Gasteiger partial charge is 0.389 e. The first-order valence-electron chi connectivity index (χ1n) is 6.12. The van der Waals surface area contributed by atoms with Crippen LogP contribution in [0.2, 0.25) is 0 Å². The summed E-state index contributed by atoms with van der Waals surface area (Å²) in [6.07, 6.45) is 0. The summed E-state index contributed by atoms with van der Waals surface area (Å²) < 4.78 is 4.67. The van der Waals surface area contributed by atoms with E-state index < -0.39 is 17.9 Å². The molecule has 0 bridgehead atoms. The van der Waals surface area contributed by atoms with Crippen molar-refractivity contribution in [1.29, 1.82) is 0 Å². The molecule has 1 unspecified atom stereocenters. The van der Waals surface area contributed by atoms with Gasteiger partial charge in [-0.25, -0.2) is 4.79 Å². The van der Waals surface area contributed by atoms with Crippen LogP contribution in [0.1, 0.15) is 32.2 Å². The molecule has 1 aliphatic heterocycles. The number of hydrogen-bond donors (Lipinski definition) is 0. The predicted molar refractivity (Wildman–Crippen MR) is 70.4 cm³/mol. The molecule has 20 heavy (non-hydrogen) atoms. The number of carbonyl (C=O) groups excluding carboxylic acids is 3. The summed E-state index contributed by atoms with van der Waals surface area (Å²) >= 11 is 0. The van der Waals surface area contributed by atoms with Crippen LogP contribution in [0.5, 0.6) is 0 Å². The minimum absolute atomic E-state index is 0.265. The zero-order chi connectivity index (χ0) is 14.1. The molecule has 0 aromatic heterocycles. The number of hydrogen-bond acceptors (Lipinski definition) is 4. The van der Waals surface area contributed by atoms with Crippen molar-refractivity contribution in [3.8, 4) is 0 Å². The van der Waals surface area contributed by atoms with Gasteiger partial charge >= 0.3 is 11.9 Å². The van der Waals surface area contributed by atoms with Crippen molar-refractivity contribution in [3.63, 3.8) is 0 Å². The second kappa shape index (κ2) is 4.74. The second-order valence-corrected chi connectivity index (χ2v) is 4.46. The van der Waals surface area contributed by atoms with Crippen LogP contribution in [0.3, 0.4) is 0 Å². The Balaban J connectivity index is 2.10. The second-order valence-electron chi connectivity index (χ2n) is 4.46. The molecule has 1 atom stereocenters. The highest BCUT2D eigenvalue weighted by atomic mass is 16.6. The van der Waals surface area contributed by atoms with Gasteiger partial charge in [0.05, 0.1) is 5.56 Å².